The number of benzene rings is 1. The van der Waals surface area contributed by atoms with E-state index < -0.39 is 5.97 Å². The summed E-state index contributed by atoms with van der Waals surface area (Å²) in [7, 11) is 2.98. The molecule has 0 saturated carbocycles. The van der Waals surface area contributed by atoms with Gasteiger partial charge >= 0.3 is 5.97 Å². The van der Waals surface area contributed by atoms with Crippen molar-refractivity contribution in [3.8, 4) is 11.5 Å². The third-order valence-corrected chi connectivity index (χ3v) is 4.50. The maximum absolute atomic E-state index is 12.4. The summed E-state index contributed by atoms with van der Waals surface area (Å²) in [6, 6.07) is 4.99. The summed E-state index contributed by atoms with van der Waals surface area (Å²) in [6.07, 6.45) is 1.39. The molecule has 1 fully saturated rings. The number of imide groups is 1. The molecule has 28 heavy (non-hydrogen) atoms. The lowest BCUT2D eigenvalue weighted by molar-refractivity contribution is -0.149. The smallest absolute Gasteiger partial charge is 0.344 e. The van der Waals surface area contributed by atoms with E-state index in [1.54, 1.807) is 38.1 Å². The molecule has 1 aliphatic heterocycles. The minimum Gasteiger partial charge on any atom is -0.493 e. The van der Waals surface area contributed by atoms with Gasteiger partial charge in [-0.2, -0.15) is 0 Å². The molecular formula is C19H23NO7S. The van der Waals surface area contributed by atoms with Crippen molar-refractivity contribution in [1.29, 1.82) is 0 Å². The second-order valence-electron chi connectivity index (χ2n) is 6.06. The van der Waals surface area contributed by atoms with Crippen LogP contribution < -0.4 is 9.47 Å². The number of esters is 1. The molecule has 1 heterocycles. The zero-order valence-electron chi connectivity index (χ0n) is 16.2. The molecule has 1 saturated heterocycles. The molecule has 0 bridgehead atoms. The summed E-state index contributed by atoms with van der Waals surface area (Å²) in [5.41, 5.74) is 0.659. The lowest BCUT2D eigenvalue weighted by Crippen LogP contribution is -2.31. The number of carbonyl (C=O) groups excluding carboxylic acids is 3. The molecule has 8 nitrogen and oxygen atoms in total. The van der Waals surface area contributed by atoms with E-state index in [0.717, 1.165) is 16.7 Å². The highest BCUT2D eigenvalue weighted by Crippen LogP contribution is 2.34. The lowest BCUT2D eigenvalue weighted by Gasteiger charge is -2.12. The van der Waals surface area contributed by atoms with Gasteiger partial charge in [-0.05, 0) is 49.4 Å². The van der Waals surface area contributed by atoms with Crippen LogP contribution in [0.25, 0.3) is 6.08 Å². The number of hydrogen-bond donors (Lipinski definition) is 0. The van der Waals surface area contributed by atoms with Gasteiger partial charge in [-0.3, -0.25) is 14.5 Å². The van der Waals surface area contributed by atoms with Crippen molar-refractivity contribution in [2.24, 2.45) is 0 Å². The van der Waals surface area contributed by atoms with Crippen LogP contribution in [-0.4, -0.2) is 62.1 Å². The maximum atomic E-state index is 12.4. The molecule has 0 aromatic heterocycles. The van der Waals surface area contributed by atoms with Gasteiger partial charge in [0.2, 0.25) is 0 Å². The van der Waals surface area contributed by atoms with Gasteiger partial charge in [0.25, 0.3) is 11.1 Å². The first-order chi connectivity index (χ1) is 13.3. The minimum atomic E-state index is -0.481. The third kappa shape index (κ3) is 5.74. The van der Waals surface area contributed by atoms with Crippen LogP contribution in [0.15, 0.2) is 23.1 Å². The second kappa shape index (κ2) is 10.1. The Hall–Kier alpha value is -2.52. The summed E-state index contributed by atoms with van der Waals surface area (Å²) in [5, 5.41) is -0.330. The van der Waals surface area contributed by atoms with Crippen molar-refractivity contribution in [3.05, 3.63) is 28.7 Å². The van der Waals surface area contributed by atoms with Gasteiger partial charge in [0.15, 0.2) is 18.1 Å². The van der Waals surface area contributed by atoms with Crippen molar-refractivity contribution in [2.45, 2.75) is 20.0 Å². The van der Waals surface area contributed by atoms with Crippen LogP contribution in [0, 0.1) is 0 Å². The molecule has 0 N–H and O–H groups in total. The molecular weight excluding hydrogens is 386 g/mol. The van der Waals surface area contributed by atoms with Crippen LogP contribution in [0.1, 0.15) is 19.4 Å². The van der Waals surface area contributed by atoms with Crippen LogP contribution in [0.4, 0.5) is 4.79 Å². The van der Waals surface area contributed by atoms with Gasteiger partial charge in [-0.15, -0.1) is 0 Å². The zero-order valence-corrected chi connectivity index (χ0v) is 17.0. The van der Waals surface area contributed by atoms with E-state index >= 15 is 0 Å². The van der Waals surface area contributed by atoms with Crippen molar-refractivity contribution in [1.82, 2.24) is 4.90 Å². The second-order valence-corrected chi connectivity index (χ2v) is 7.06. The van der Waals surface area contributed by atoms with Crippen molar-refractivity contribution < 1.29 is 33.3 Å². The molecule has 1 aliphatic rings. The number of nitrogens with zero attached hydrogens (tertiary/aromatic N) is 1. The minimum absolute atomic E-state index is 0.209. The molecule has 1 aromatic carbocycles. The topological polar surface area (TPSA) is 91.4 Å². The highest BCUT2D eigenvalue weighted by Gasteiger charge is 2.34. The van der Waals surface area contributed by atoms with Gasteiger partial charge in [-0.25, -0.2) is 4.79 Å². The van der Waals surface area contributed by atoms with E-state index in [9.17, 15) is 14.4 Å². The molecule has 2 rings (SSSR count). The van der Waals surface area contributed by atoms with Crippen molar-refractivity contribution >= 4 is 35.0 Å². The molecule has 0 spiro atoms. The predicted molar refractivity (Wildman–Crippen MR) is 104 cm³/mol. The van der Waals surface area contributed by atoms with Crippen LogP contribution in [0.2, 0.25) is 0 Å². The van der Waals surface area contributed by atoms with Crippen LogP contribution >= 0.6 is 11.8 Å². The molecule has 0 radical (unpaired) electrons. The Morgan fingerprint density at radius 1 is 1.21 bits per heavy atom. The van der Waals surface area contributed by atoms with Crippen LogP contribution in [0.3, 0.4) is 0 Å². The Morgan fingerprint density at radius 2 is 1.96 bits per heavy atom. The number of methoxy groups -OCH3 is 2. The Balaban J connectivity index is 2.11. The van der Waals surface area contributed by atoms with E-state index in [1.807, 2.05) is 0 Å². The summed E-state index contributed by atoms with van der Waals surface area (Å²) in [6.45, 7) is 3.76. The lowest BCUT2D eigenvalue weighted by atomic mass is 10.2. The van der Waals surface area contributed by atoms with Crippen molar-refractivity contribution in [2.75, 3.05) is 34.0 Å². The summed E-state index contributed by atoms with van der Waals surface area (Å²) < 4.78 is 20.7. The van der Waals surface area contributed by atoms with E-state index in [4.69, 9.17) is 18.9 Å². The van der Waals surface area contributed by atoms with Gasteiger partial charge in [0.1, 0.15) is 0 Å². The Kier molecular flexibility index (Phi) is 7.89. The molecule has 0 aliphatic carbocycles. The van der Waals surface area contributed by atoms with E-state index in [1.165, 1.54) is 14.2 Å². The van der Waals surface area contributed by atoms with Gasteiger partial charge in [-0.1, -0.05) is 6.07 Å². The van der Waals surface area contributed by atoms with E-state index in [-0.39, 0.29) is 37.0 Å². The summed E-state index contributed by atoms with van der Waals surface area (Å²) in [5.74, 6) is -0.0769. The fourth-order valence-corrected chi connectivity index (χ4v) is 3.22. The fraction of sp³-hybridized carbons (Fsp3) is 0.421. The van der Waals surface area contributed by atoms with E-state index in [0.29, 0.717) is 22.0 Å². The van der Waals surface area contributed by atoms with Gasteiger partial charge < -0.3 is 18.9 Å². The predicted octanol–water partition coefficient (Wildman–Crippen LogP) is 2.71. The zero-order chi connectivity index (χ0) is 20.7. The van der Waals surface area contributed by atoms with Crippen LogP contribution in [0.5, 0.6) is 11.5 Å². The molecule has 0 atom stereocenters. The number of thioether (sulfide) groups is 1. The highest BCUT2D eigenvalue weighted by atomic mass is 32.2. The highest BCUT2D eigenvalue weighted by molar-refractivity contribution is 8.18. The number of amides is 2. The number of carbonyl (C=O) groups is 3. The van der Waals surface area contributed by atoms with Gasteiger partial charge in [0, 0.05) is 7.11 Å². The molecule has 1 aromatic rings. The van der Waals surface area contributed by atoms with Gasteiger partial charge in [0.05, 0.1) is 31.3 Å². The Bertz CT molecular complexity index is 776. The average molecular weight is 409 g/mol. The fourth-order valence-electron chi connectivity index (χ4n) is 2.35. The number of rotatable bonds is 9. The van der Waals surface area contributed by atoms with Crippen LogP contribution in [-0.2, 0) is 19.1 Å². The first-order valence-electron chi connectivity index (χ1n) is 8.60. The van der Waals surface area contributed by atoms with E-state index in [2.05, 4.69) is 0 Å². The normalized spacial score (nSPS) is 15.5. The maximum Gasteiger partial charge on any atom is 0.344 e. The molecule has 0 unspecified atom stereocenters. The quantitative estimate of drug-likeness (QED) is 0.454. The standard InChI is InChI=1S/C19H23NO7S/c1-12(2)27-17(21)11-26-14-6-5-13(9-15(14)25-4)10-16-18(22)20(7-8-24-3)19(23)28-16/h5-6,9-10,12H,7-8,11H2,1-4H3/b16-10-. The monoisotopic (exact) mass is 409 g/mol. The largest absolute Gasteiger partial charge is 0.493 e. The molecule has 9 heteroatoms. The first-order valence-corrected chi connectivity index (χ1v) is 9.42. The first kappa shape index (κ1) is 21.8. The molecule has 2 amide bonds. The summed E-state index contributed by atoms with van der Waals surface area (Å²) >= 11 is 0.874. The Morgan fingerprint density at radius 3 is 2.61 bits per heavy atom. The third-order valence-electron chi connectivity index (χ3n) is 3.59. The average Bonchev–Trinajstić information content (AvgIpc) is 2.91. The van der Waals surface area contributed by atoms with Crippen molar-refractivity contribution in [3.63, 3.8) is 0 Å². The number of ether oxygens (including phenoxy) is 4. The Labute approximate surface area is 167 Å². The number of hydrogen-bond acceptors (Lipinski definition) is 8. The molecule has 152 valence electrons. The summed E-state index contributed by atoms with van der Waals surface area (Å²) in [4.78, 5) is 37.4. The SMILES string of the molecule is COCCN1C(=O)S/C(=C\c2ccc(OCC(=O)OC(C)C)c(OC)c2)C1=O.